The van der Waals surface area contributed by atoms with E-state index in [1.807, 2.05) is 0 Å². The molecule has 2 aliphatic rings. The van der Waals surface area contributed by atoms with Crippen molar-refractivity contribution in [3.8, 4) is 0 Å². The number of benzene rings is 1. The number of nitrogens with two attached hydrogens (primary N) is 1. The minimum atomic E-state index is -0.359. The van der Waals surface area contributed by atoms with Crippen LogP contribution in [0.2, 0.25) is 0 Å². The Morgan fingerprint density at radius 1 is 1.28 bits per heavy atom. The first-order valence-corrected chi connectivity index (χ1v) is 8.66. The fourth-order valence-electron chi connectivity index (χ4n) is 3.67. The van der Waals surface area contributed by atoms with E-state index in [2.05, 4.69) is 5.32 Å². The van der Waals surface area contributed by atoms with Crippen LogP contribution >= 0.6 is 0 Å². The van der Waals surface area contributed by atoms with Crippen LogP contribution in [0.5, 0.6) is 0 Å². The third-order valence-electron chi connectivity index (χ3n) is 5.36. The largest absolute Gasteiger partial charge is 0.381 e. The first-order chi connectivity index (χ1) is 12.0. The summed E-state index contributed by atoms with van der Waals surface area (Å²) >= 11 is 0. The van der Waals surface area contributed by atoms with Crippen molar-refractivity contribution in [2.75, 3.05) is 32.8 Å². The highest BCUT2D eigenvalue weighted by Gasteiger charge is 2.36. The number of primary amides is 1. The molecule has 1 unspecified atom stereocenters. The molecule has 2 saturated heterocycles. The van der Waals surface area contributed by atoms with Crippen molar-refractivity contribution in [1.82, 2.24) is 10.2 Å². The molecular weight excluding hydrogens is 325 g/mol. The fraction of sp³-hybridized carbons (Fsp3) is 0.556. The average molecular weight is 349 g/mol. The normalized spacial score (nSPS) is 22.6. The van der Waals surface area contributed by atoms with Crippen molar-refractivity contribution >= 4 is 11.9 Å². The Hall–Kier alpha value is -2.15. The molecule has 0 aliphatic carbocycles. The summed E-state index contributed by atoms with van der Waals surface area (Å²) in [6.45, 7) is 2.58. The molecule has 3 N–H and O–H groups in total. The zero-order valence-electron chi connectivity index (χ0n) is 14.2. The Kier molecular flexibility index (Phi) is 5.22. The topological polar surface area (TPSA) is 84.7 Å². The van der Waals surface area contributed by atoms with Gasteiger partial charge in [0.15, 0.2) is 0 Å². The van der Waals surface area contributed by atoms with E-state index in [1.165, 1.54) is 12.1 Å². The van der Waals surface area contributed by atoms with Gasteiger partial charge in [0.05, 0.1) is 5.92 Å². The standard InChI is InChI=1S/C18H24FN3O3/c19-15-3-1-14(2-4-15)18(6-9-25-10-7-18)12-21-17(24)22-8-5-13(11-22)16(20)23/h1-4,13H,5-12H2,(H2,20,23)(H,21,24). The van der Waals surface area contributed by atoms with Gasteiger partial charge in [0.1, 0.15) is 5.82 Å². The predicted octanol–water partition coefficient (Wildman–Crippen LogP) is 1.39. The van der Waals surface area contributed by atoms with Gasteiger partial charge in [-0.15, -0.1) is 0 Å². The molecule has 0 aromatic heterocycles. The number of carbonyl (C=O) groups excluding carboxylic acids is 2. The van der Waals surface area contributed by atoms with E-state index >= 15 is 0 Å². The van der Waals surface area contributed by atoms with E-state index in [1.54, 1.807) is 17.0 Å². The highest BCUT2D eigenvalue weighted by molar-refractivity contribution is 5.80. The zero-order valence-corrected chi connectivity index (χ0v) is 14.2. The Morgan fingerprint density at radius 3 is 2.56 bits per heavy atom. The van der Waals surface area contributed by atoms with E-state index in [4.69, 9.17) is 10.5 Å². The Balaban J connectivity index is 1.66. The van der Waals surface area contributed by atoms with Gasteiger partial charge in [0.25, 0.3) is 0 Å². The van der Waals surface area contributed by atoms with Crippen molar-refractivity contribution in [2.45, 2.75) is 24.7 Å². The van der Waals surface area contributed by atoms with Crippen LogP contribution in [0.1, 0.15) is 24.8 Å². The summed E-state index contributed by atoms with van der Waals surface area (Å²) in [4.78, 5) is 25.3. The summed E-state index contributed by atoms with van der Waals surface area (Å²) in [7, 11) is 0. The summed E-state index contributed by atoms with van der Waals surface area (Å²) in [5.74, 6) is -0.896. The second kappa shape index (κ2) is 7.39. The average Bonchev–Trinajstić information content (AvgIpc) is 3.12. The predicted molar refractivity (Wildman–Crippen MR) is 90.4 cm³/mol. The SMILES string of the molecule is NC(=O)C1CCN(C(=O)NCC2(c3ccc(F)cc3)CCOCC2)C1. The van der Waals surface area contributed by atoms with Gasteiger partial charge >= 0.3 is 6.03 Å². The highest BCUT2D eigenvalue weighted by atomic mass is 19.1. The Morgan fingerprint density at radius 2 is 1.96 bits per heavy atom. The van der Waals surface area contributed by atoms with Crippen LogP contribution in [0.3, 0.4) is 0 Å². The molecule has 136 valence electrons. The minimum absolute atomic E-state index is 0.184. The number of nitrogens with zero attached hydrogens (tertiary/aromatic N) is 1. The van der Waals surface area contributed by atoms with E-state index in [-0.39, 0.29) is 29.1 Å². The van der Waals surface area contributed by atoms with Gasteiger partial charge in [-0.3, -0.25) is 4.79 Å². The number of likely N-dealkylation sites (tertiary alicyclic amines) is 1. The lowest BCUT2D eigenvalue weighted by Gasteiger charge is -2.38. The third-order valence-corrected chi connectivity index (χ3v) is 5.36. The van der Waals surface area contributed by atoms with Gasteiger partial charge < -0.3 is 20.7 Å². The molecule has 7 heteroatoms. The number of halogens is 1. The van der Waals surface area contributed by atoms with Crippen LogP contribution < -0.4 is 11.1 Å². The summed E-state index contributed by atoms with van der Waals surface area (Å²) in [5, 5.41) is 2.99. The monoisotopic (exact) mass is 349 g/mol. The molecule has 0 spiro atoms. The van der Waals surface area contributed by atoms with Crippen LogP contribution in [0.25, 0.3) is 0 Å². The third kappa shape index (κ3) is 3.92. The maximum absolute atomic E-state index is 13.3. The fourth-order valence-corrected chi connectivity index (χ4v) is 3.67. The molecule has 1 aromatic carbocycles. The summed E-state index contributed by atoms with van der Waals surface area (Å²) in [6.07, 6.45) is 2.14. The molecule has 3 amide bonds. The van der Waals surface area contributed by atoms with Crippen molar-refractivity contribution in [3.05, 3.63) is 35.6 Å². The van der Waals surface area contributed by atoms with Crippen molar-refractivity contribution < 1.29 is 18.7 Å². The number of carbonyl (C=O) groups is 2. The quantitative estimate of drug-likeness (QED) is 0.861. The number of rotatable bonds is 4. The van der Waals surface area contributed by atoms with Crippen LogP contribution in [0, 0.1) is 11.7 Å². The number of amides is 3. The lowest BCUT2D eigenvalue weighted by Crippen LogP contribution is -2.48. The van der Waals surface area contributed by atoms with Crippen LogP contribution in [0.15, 0.2) is 24.3 Å². The molecular formula is C18H24FN3O3. The van der Waals surface area contributed by atoms with Crippen molar-refractivity contribution in [3.63, 3.8) is 0 Å². The molecule has 2 aliphatic heterocycles. The molecule has 0 radical (unpaired) electrons. The molecule has 3 rings (SSSR count). The van der Waals surface area contributed by atoms with Gasteiger partial charge in [-0.05, 0) is 37.0 Å². The number of hydrogen-bond acceptors (Lipinski definition) is 3. The van der Waals surface area contributed by atoms with E-state index < -0.39 is 0 Å². The van der Waals surface area contributed by atoms with E-state index in [0.29, 0.717) is 39.3 Å². The maximum Gasteiger partial charge on any atom is 0.317 e. The Labute approximate surface area is 146 Å². The number of urea groups is 1. The second-order valence-electron chi connectivity index (χ2n) is 6.89. The lowest BCUT2D eigenvalue weighted by molar-refractivity contribution is -0.121. The van der Waals surface area contributed by atoms with Gasteiger partial charge in [-0.25, -0.2) is 9.18 Å². The molecule has 25 heavy (non-hydrogen) atoms. The summed E-state index contributed by atoms with van der Waals surface area (Å²) < 4.78 is 18.7. The second-order valence-corrected chi connectivity index (χ2v) is 6.89. The molecule has 6 nitrogen and oxygen atoms in total. The first-order valence-electron chi connectivity index (χ1n) is 8.66. The van der Waals surface area contributed by atoms with Crippen molar-refractivity contribution in [2.24, 2.45) is 11.7 Å². The molecule has 1 atom stereocenters. The van der Waals surface area contributed by atoms with E-state index in [9.17, 15) is 14.0 Å². The number of hydrogen-bond donors (Lipinski definition) is 2. The Bertz CT molecular complexity index is 629. The van der Waals surface area contributed by atoms with Gasteiger partial charge in [-0.2, -0.15) is 0 Å². The summed E-state index contributed by atoms with van der Waals surface area (Å²) in [5.41, 5.74) is 6.07. The van der Waals surface area contributed by atoms with Crippen LogP contribution in [-0.4, -0.2) is 49.7 Å². The minimum Gasteiger partial charge on any atom is -0.381 e. The molecule has 2 heterocycles. The number of ether oxygens (including phenoxy) is 1. The summed E-state index contributed by atoms with van der Waals surface area (Å²) in [6, 6.07) is 6.28. The van der Waals surface area contributed by atoms with E-state index in [0.717, 1.165) is 18.4 Å². The first kappa shape index (κ1) is 17.7. The van der Waals surface area contributed by atoms with Gasteiger partial charge in [0.2, 0.25) is 5.91 Å². The molecule has 2 fully saturated rings. The zero-order chi connectivity index (χ0) is 17.9. The molecule has 1 aromatic rings. The highest BCUT2D eigenvalue weighted by Crippen LogP contribution is 2.34. The lowest BCUT2D eigenvalue weighted by atomic mass is 9.74. The van der Waals surface area contributed by atoms with Crippen LogP contribution in [0.4, 0.5) is 9.18 Å². The molecule has 0 bridgehead atoms. The number of nitrogens with one attached hydrogen (secondary N) is 1. The van der Waals surface area contributed by atoms with Gasteiger partial charge in [-0.1, -0.05) is 12.1 Å². The van der Waals surface area contributed by atoms with Crippen LogP contribution in [-0.2, 0) is 14.9 Å². The van der Waals surface area contributed by atoms with Gasteiger partial charge in [0, 0.05) is 38.3 Å². The maximum atomic E-state index is 13.3. The van der Waals surface area contributed by atoms with Crippen molar-refractivity contribution in [1.29, 1.82) is 0 Å². The smallest absolute Gasteiger partial charge is 0.317 e. The molecule has 0 saturated carbocycles.